The number of nitrogens with one attached hydrogen (secondary N) is 3. The number of hydrogen-bond donors (Lipinski definition) is 5. The molecule has 0 bridgehead atoms. The number of aryl methyl sites for hydroxylation is 1. The van der Waals surface area contributed by atoms with Gasteiger partial charge in [-0.15, -0.1) is 0 Å². The average Bonchev–Trinajstić information content (AvgIpc) is 3.63. The molecule has 50 heavy (non-hydrogen) atoms. The standard InChI is InChI=1S/C35H39F3N6O6/c1-33(16-35(38,48)18-39-17-33)43-32(47)49-12-2-5-22-25(36)7-6-20-13-21(45)14-23(26(20)22)28-27(37)29-24(15-40-28)30(46)42-31(41-29)50-19-34-8-3-10-44(34)11-4-9-34/h6-7,13-15,39,45,48H,2-5,8-12,16-19H2,1H3,(H,43,47)(H,41,42,46). The number of aromatic hydroxyl groups is 1. The van der Waals surface area contributed by atoms with Crippen LogP contribution >= 0.6 is 0 Å². The summed E-state index contributed by atoms with van der Waals surface area (Å²) in [5.41, 5.74) is -2.10. The zero-order valence-corrected chi connectivity index (χ0v) is 27.6. The van der Waals surface area contributed by atoms with Crippen LogP contribution in [0.2, 0.25) is 0 Å². The SMILES string of the molecule is CC1(NC(=O)OCCCc2c(F)ccc3cc(O)cc(-c4ncc5c(=O)[nH]c(OCC67CCCN6CCC7)nc5c4F)c23)CNCC(O)(F)C1. The molecule has 5 N–H and O–H groups in total. The first-order valence-electron chi connectivity index (χ1n) is 16.8. The molecule has 4 aromatic rings. The lowest BCUT2D eigenvalue weighted by Gasteiger charge is -2.39. The van der Waals surface area contributed by atoms with E-state index < -0.39 is 34.7 Å². The van der Waals surface area contributed by atoms with Crippen LogP contribution in [0, 0.1) is 11.6 Å². The van der Waals surface area contributed by atoms with Gasteiger partial charge in [-0.25, -0.2) is 18.0 Å². The quantitative estimate of drug-likeness (QED) is 0.161. The maximum absolute atomic E-state index is 16.4. The number of ether oxygens (including phenoxy) is 2. The number of halogens is 3. The van der Waals surface area contributed by atoms with E-state index in [1.54, 1.807) is 6.92 Å². The zero-order chi connectivity index (χ0) is 35.3. The van der Waals surface area contributed by atoms with E-state index >= 15 is 8.78 Å². The number of β-amino-alcohol motifs (C(OH)–C–C–N with tert-alkyl or cyclic N) is 1. The average molecular weight is 697 g/mol. The highest BCUT2D eigenvalue weighted by molar-refractivity contribution is 6.01. The van der Waals surface area contributed by atoms with Gasteiger partial charge in [-0.3, -0.25) is 19.7 Å². The highest BCUT2D eigenvalue weighted by atomic mass is 19.2. The minimum absolute atomic E-state index is 0.0567. The molecule has 3 aliphatic rings. The van der Waals surface area contributed by atoms with Crippen LogP contribution in [0.1, 0.15) is 51.0 Å². The molecule has 5 heterocycles. The summed E-state index contributed by atoms with van der Waals surface area (Å²) in [5, 5.41) is 26.2. The number of phenolic OH excluding ortho intramolecular Hbond substituents is 1. The summed E-state index contributed by atoms with van der Waals surface area (Å²) in [6.45, 7) is 3.70. The molecule has 7 rings (SSSR count). The molecular weight excluding hydrogens is 657 g/mol. The Morgan fingerprint density at radius 1 is 1.16 bits per heavy atom. The summed E-state index contributed by atoms with van der Waals surface area (Å²) >= 11 is 0. The second-order valence-corrected chi connectivity index (χ2v) is 14.0. The van der Waals surface area contributed by atoms with Gasteiger partial charge < -0.3 is 30.3 Å². The summed E-state index contributed by atoms with van der Waals surface area (Å²) in [6.07, 6.45) is 4.31. The van der Waals surface area contributed by atoms with E-state index in [4.69, 9.17) is 9.47 Å². The highest BCUT2D eigenvalue weighted by Gasteiger charge is 2.45. The van der Waals surface area contributed by atoms with Crippen molar-refractivity contribution in [2.45, 2.75) is 68.8 Å². The van der Waals surface area contributed by atoms with Crippen LogP contribution < -0.4 is 20.9 Å². The Labute approximate surface area is 285 Å². The number of fused-ring (bicyclic) bond motifs is 3. The molecular formula is C35H39F3N6O6. The first kappa shape index (κ1) is 34.0. The number of hydrogen-bond acceptors (Lipinski definition) is 10. The van der Waals surface area contributed by atoms with Crippen LogP contribution in [0.5, 0.6) is 11.8 Å². The second kappa shape index (κ2) is 13.0. The predicted octanol–water partition coefficient (Wildman–Crippen LogP) is 4.20. The molecule has 3 aliphatic heterocycles. The minimum atomic E-state index is -2.48. The normalized spacial score (nSPS) is 23.3. The Bertz CT molecular complexity index is 2020. The molecule has 2 unspecified atom stereocenters. The highest BCUT2D eigenvalue weighted by Crippen LogP contribution is 2.40. The van der Waals surface area contributed by atoms with E-state index in [2.05, 4.69) is 30.5 Å². The lowest BCUT2D eigenvalue weighted by molar-refractivity contribution is -0.121. The molecule has 2 aromatic heterocycles. The Morgan fingerprint density at radius 3 is 2.70 bits per heavy atom. The van der Waals surface area contributed by atoms with Crippen LogP contribution in [-0.4, -0.2) is 92.5 Å². The number of piperidine rings is 1. The fraction of sp³-hybridized carbons (Fsp3) is 0.486. The van der Waals surface area contributed by atoms with Gasteiger partial charge in [0.15, 0.2) is 5.82 Å². The maximum atomic E-state index is 16.4. The van der Waals surface area contributed by atoms with Gasteiger partial charge in [0.1, 0.15) is 29.4 Å². The Hall–Kier alpha value is -4.47. The van der Waals surface area contributed by atoms with Crippen molar-refractivity contribution in [1.29, 1.82) is 0 Å². The number of alkyl carbamates (subject to hydrolysis) is 1. The summed E-state index contributed by atoms with van der Waals surface area (Å²) in [6, 6.07) is 5.26. The van der Waals surface area contributed by atoms with Crippen LogP contribution in [0.15, 0.2) is 35.3 Å². The predicted molar refractivity (Wildman–Crippen MR) is 178 cm³/mol. The number of amides is 1. The number of aromatic amines is 1. The number of aliphatic hydroxyl groups is 1. The molecule has 0 radical (unpaired) electrons. The smallest absolute Gasteiger partial charge is 0.407 e. The summed E-state index contributed by atoms with van der Waals surface area (Å²) in [5.74, 6) is -4.23. The molecule has 3 fully saturated rings. The number of carbonyl (C=O) groups excluding carboxylic acids is 1. The van der Waals surface area contributed by atoms with E-state index in [0.717, 1.165) is 38.8 Å². The zero-order valence-electron chi connectivity index (χ0n) is 27.6. The Balaban J connectivity index is 1.14. The van der Waals surface area contributed by atoms with Crippen molar-refractivity contribution in [3.63, 3.8) is 0 Å². The second-order valence-electron chi connectivity index (χ2n) is 14.0. The summed E-state index contributed by atoms with van der Waals surface area (Å²) < 4.78 is 57.2. The van der Waals surface area contributed by atoms with E-state index in [9.17, 15) is 24.2 Å². The van der Waals surface area contributed by atoms with Crippen molar-refractivity contribution in [2.24, 2.45) is 0 Å². The van der Waals surface area contributed by atoms with Crippen molar-refractivity contribution in [1.82, 2.24) is 30.5 Å². The third-order valence-corrected chi connectivity index (χ3v) is 10.1. The number of rotatable bonds is 9. The van der Waals surface area contributed by atoms with Gasteiger partial charge in [0.05, 0.1) is 29.6 Å². The van der Waals surface area contributed by atoms with Crippen molar-refractivity contribution in [3.05, 3.63) is 58.0 Å². The number of aromatic nitrogens is 3. The van der Waals surface area contributed by atoms with E-state index in [-0.39, 0.29) is 89.4 Å². The van der Waals surface area contributed by atoms with Crippen LogP contribution in [0.4, 0.5) is 18.0 Å². The summed E-state index contributed by atoms with van der Waals surface area (Å²) in [7, 11) is 0. The molecule has 12 nitrogen and oxygen atoms in total. The fourth-order valence-electron chi connectivity index (χ4n) is 7.94. The first-order chi connectivity index (χ1) is 23.9. The van der Waals surface area contributed by atoms with Gasteiger partial charge in [0, 0.05) is 24.7 Å². The monoisotopic (exact) mass is 696 g/mol. The van der Waals surface area contributed by atoms with Crippen LogP contribution in [0.25, 0.3) is 32.9 Å². The van der Waals surface area contributed by atoms with Crippen molar-refractivity contribution in [2.75, 3.05) is 39.4 Å². The lowest BCUT2D eigenvalue weighted by atomic mass is 9.89. The molecule has 0 spiro atoms. The number of alkyl halides is 1. The van der Waals surface area contributed by atoms with E-state index in [1.807, 2.05) is 0 Å². The van der Waals surface area contributed by atoms with E-state index in [1.165, 1.54) is 30.5 Å². The fourth-order valence-corrected chi connectivity index (χ4v) is 7.94. The minimum Gasteiger partial charge on any atom is -0.508 e. The third-order valence-electron chi connectivity index (χ3n) is 10.1. The third kappa shape index (κ3) is 6.56. The summed E-state index contributed by atoms with van der Waals surface area (Å²) in [4.78, 5) is 39.0. The molecule has 1 amide bonds. The largest absolute Gasteiger partial charge is 0.508 e. The van der Waals surface area contributed by atoms with E-state index in [0.29, 0.717) is 12.0 Å². The Kier molecular flexibility index (Phi) is 8.85. The van der Waals surface area contributed by atoms with Crippen LogP contribution in [-0.2, 0) is 11.2 Å². The Morgan fingerprint density at radius 2 is 1.94 bits per heavy atom. The molecule has 0 aliphatic carbocycles. The lowest BCUT2D eigenvalue weighted by Crippen LogP contribution is -2.62. The van der Waals surface area contributed by atoms with Gasteiger partial charge in [0.2, 0.25) is 5.85 Å². The number of benzene rings is 2. The van der Waals surface area contributed by atoms with Gasteiger partial charge in [-0.1, -0.05) is 6.07 Å². The molecule has 2 aromatic carbocycles. The topological polar surface area (TPSA) is 162 Å². The molecule has 0 saturated carbocycles. The number of phenols is 1. The van der Waals surface area contributed by atoms with Gasteiger partial charge >= 0.3 is 6.09 Å². The molecule has 15 heteroatoms. The van der Waals surface area contributed by atoms with Crippen molar-refractivity contribution >= 4 is 27.8 Å². The molecule has 266 valence electrons. The number of carbonyl (C=O) groups is 1. The number of pyridine rings is 1. The first-order valence-corrected chi connectivity index (χ1v) is 16.8. The van der Waals surface area contributed by atoms with Crippen molar-refractivity contribution in [3.8, 4) is 23.0 Å². The molecule has 3 saturated heterocycles. The number of nitrogens with zero attached hydrogens (tertiary/aromatic N) is 3. The number of H-pyrrole nitrogens is 1. The maximum Gasteiger partial charge on any atom is 0.407 e. The van der Waals surface area contributed by atoms with Crippen LogP contribution in [0.3, 0.4) is 0 Å². The van der Waals surface area contributed by atoms with Crippen molar-refractivity contribution < 1.29 is 37.7 Å². The van der Waals surface area contributed by atoms with Gasteiger partial charge in [-0.05, 0) is 93.1 Å². The molecule has 2 atom stereocenters. The van der Waals surface area contributed by atoms with Gasteiger partial charge in [-0.2, -0.15) is 4.98 Å². The van der Waals surface area contributed by atoms with Gasteiger partial charge in [0.25, 0.3) is 11.6 Å².